The van der Waals surface area contributed by atoms with Crippen LogP contribution in [0.2, 0.25) is 0 Å². The summed E-state index contributed by atoms with van der Waals surface area (Å²) in [5.74, 6) is 0.995. The fraction of sp³-hybridized carbons (Fsp3) is 0.217. The van der Waals surface area contributed by atoms with E-state index in [1.807, 2.05) is 6.07 Å². The maximum Gasteiger partial charge on any atom is 0.274 e. The van der Waals surface area contributed by atoms with E-state index >= 15 is 0 Å². The molecule has 0 saturated carbocycles. The van der Waals surface area contributed by atoms with Gasteiger partial charge in [-0.05, 0) is 55.7 Å². The number of amides is 1. The standard InChI is InChI=1S/C23H22N4O2/c1-15(28)17-7-9-20(10-8-17)26-23(29)21-13-22(25-16(2)24-21)27-12-11-18-5-3-4-6-19(18)14-27/h3-10,13H,11-12,14H2,1-2H3,(H,26,29). The zero-order valence-corrected chi connectivity index (χ0v) is 16.5. The van der Waals surface area contributed by atoms with Gasteiger partial charge < -0.3 is 10.2 Å². The minimum atomic E-state index is -0.301. The third-order valence-corrected chi connectivity index (χ3v) is 5.06. The monoisotopic (exact) mass is 386 g/mol. The van der Waals surface area contributed by atoms with Crippen LogP contribution in [-0.2, 0) is 13.0 Å². The van der Waals surface area contributed by atoms with Crippen molar-refractivity contribution in [1.29, 1.82) is 0 Å². The lowest BCUT2D eigenvalue weighted by Crippen LogP contribution is -2.31. The fourth-order valence-corrected chi connectivity index (χ4v) is 3.50. The summed E-state index contributed by atoms with van der Waals surface area (Å²) in [4.78, 5) is 35.2. The Morgan fingerprint density at radius 1 is 1.00 bits per heavy atom. The van der Waals surface area contributed by atoms with Crippen molar-refractivity contribution in [3.8, 4) is 0 Å². The van der Waals surface area contributed by atoms with Crippen molar-refractivity contribution in [2.75, 3.05) is 16.8 Å². The van der Waals surface area contributed by atoms with Crippen molar-refractivity contribution in [1.82, 2.24) is 9.97 Å². The number of carbonyl (C=O) groups excluding carboxylic acids is 2. The number of benzene rings is 2. The molecule has 1 amide bonds. The first-order chi connectivity index (χ1) is 14.0. The number of rotatable bonds is 4. The Morgan fingerprint density at radius 2 is 1.72 bits per heavy atom. The first-order valence-corrected chi connectivity index (χ1v) is 9.59. The Morgan fingerprint density at radius 3 is 2.45 bits per heavy atom. The maximum atomic E-state index is 12.7. The minimum absolute atomic E-state index is 0.0120. The van der Waals surface area contributed by atoms with Crippen LogP contribution in [0.5, 0.6) is 0 Å². The summed E-state index contributed by atoms with van der Waals surface area (Å²) >= 11 is 0. The van der Waals surface area contributed by atoms with Gasteiger partial charge in [0.15, 0.2) is 5.78 Å². The predicted octanol–water partition coefficient (Wildman–Crippen LogP) is 3.80. The first-order valence-electron chi connectivity index (χ1n) is 9.59. The number of hydrogen-bond donors (Lipinski definition) is 1. The van der Waals surface area contributed by atoms with Crippen molar-refractivity contribution in [2.45, 2.75) is 26.8 Å². The fourth-order valence-electron chi connectivity index (χ4n) is 3.50. The highest BCUT2D eigenvalue weighted by atomic mass is 16.2. The first kappa shape index (κ1) is 18.8. The number of aromatic nitrogens is 2. The van der Waals surface area contributed by atoms with Crippen molar-refractivity contribution >= 4 is 23.2 Å². The van der Waals surface area contributed by atoms with Crippen LogP contribution in [0, 0.1) is 6.92 Å². The molecular weight excluding hydrogens is 364 g/mol. The quantitative estimate of drug-likeness (QED) is 0.690. The van der Waals surface area contributed by atoms with E-state index in [-0.39, 0.29) is 11.7 Å². The van der Waals surface area contributed by atoms with Gasteiger partial charge in [0.2, 0.25) is 0 Å². The average molecular weight is 386 g/mol. The van der Waals surface area contributed by atoms with Crippen molar-refractivity contribution in [3.63, 3.8) is 0 Å². The molecule has 4 rings (SSSR count). The van der Waals surface area contributed by atoms with Gasteiger partial charge >= 0.3 is 0 Å². The summed E-state index contributed by atoms with van der Waals surface area (Å²) < 4.78 is 0. The molecule has 1 aliphatic rings. The molecule has 3 aromatic rings. The molecule has 2 aromatic carbocycles. The summed E-state index contributed by atoms with van der Waals surface area (Å²) in [6.45, 7) is 4.92. The Bertz CT molecular complexity index is 1080. The van der Waals surface area contributed by atoms with Gasteiger partial charge in [0, 0.05) is 30.4 Å². The van der Waals surface area contributed by atoms with Gasteiger partial charge in [0.05, 0.1) is 0 Å². The SMILES string of the molecule is CC(=O)c1ccc(NC(=O)c2cc(N3CCc4ccccc4C3)nc(C)n2)cc1. The molecule has 1 aliphatic heterocycles. The number of fused-ring (bicyclic) bond motifs is 1. The van der Waals surface area contributed by atoms with Gasteiger partial charge in [0.25, 0.3) is 5.91 Å². The number of nitrogens with zero attached hydrogens (tertiary/aromatic N) is 3. The van der Waals surface area contributed by atoms with Crippen molar-refractivity contribution in [3.05, 3.63) is 82.8 Å². The number of anilines is 2. The van der Waals surface area contributed by atoms with Crippen LogP contribution >= 0.6 is 0 Å². The molecule has 0 atom stereocenters. The van der Waals surface area contributed by atoms with Crippen LogP contribution in [0.25, 0.3) is 0 Å². The highest BCUT2D eigenvalue weighted by molar-refractivity contribution is 6.03. The zero-order chi connectivity index (χ0) is 20.4. The Labute approximate surface area is 169 Å². The number of aryl methyl sites for hydroxylation is 1. The van der Waals surface area contributed by atoms with E-state index in [1.54, 1.807) is 37.3 Å². The van der Waals surface area contributed by atoms with Crippen molar-refractivity contribution in [2.24, 2.45) is 0 Å². The highest BCUT2D eigenvalue weighted by Gasteiger charge is 2.19. The van der Waals surface area contributed by atoms with Crippen LogP contribution in [0.15, 0.2) is 54.6 Å². The van der Waals surface area contributed by atoms with E-state index < -0.39 is 0 Å². The molecule has 6 nitrogen and oxygen atoms in total. The summed E-state index contributed by atoms with van der Waals surface area (Å²) in [5.41, 5.74) is 4.19. The molecule has 0 aliphatic carbocycles. The molecule has 6 heteroatoms. The van der Waals surface area contributed by atoms with E-state index in [4.69, 9.17) is 0 Å². The average Bonchev–Trinajstić information content (AvgIpc) is 2.73. The number of Topliss-reactive ketones (excluding diaryl/α,β-unsaturated/α-hetero) is 1. The predicted molar refractivity (Wildman–Crippen MR) is 112 cm³/mol. The van der Waals surface area contributed by atoms with Crippen LogP contribution in [-0.4, -0.2) is 28.2 Å². The normalized spacial score (nSPS) is 13.0. The molecule has 0 saturated heterocycles. The van der Waals surface area contributed by atoms with Gasteiger partial charge in [-0.1, -0.05) is 24.3 Å². The largest absolute Gasteiger partial charge is 0.352 e. The molecule has 0 unspecified atom stereocenters. The Balaban J connectivity index is 1.54. The minimum Gasteiger partial charge on any atom is -0.352 e. The number of ketones is 1. The second kappa shape index (κ2) is 7.83. The van der Waals surface area contributed by atoms with Gasteiger partial charge in [-0.3, -0.25) is 9.59 Å². The topological polar surface area (TPSA) is 75.2 Å². The molecule has 0 spiro atoms. The molecule has 146 valence electrons. The molecule has 2 heterocycles. The van der Waals surface area contributed by atoms with Crippen LogP contribution in [0.3, 0.4) is 0 Å². The molecule has 0 fully saturated rings. The van der Waals surface area contributed by atoms with Crippen LogP contribution < -0.4 is 10.2 Å². The van der Waals surface area contributed by atoms with Gasteiger partial charge in [0.1, 0.15) is 17.3 Å². The van der Waals surface area contributed by atoms with E-state index in [2.05, 4.69) is 38.4 Å². The lowest BCUT2D eigenvalue weighted by Gasteiger charge is -2.30. The molecule has 1 N–H and O–H groups in total. The summed E-state index contributed by atoms with van der Waals surface area (Å²) in [5, 5.41) is 2.84. The molecule has 0 radical (unpaired) electrons. The third kappa shape index (κ3) is 4.16. The van der Waals surface area contributed by atoms with E-state index in [1.165, 1.54) is 18.1 Å². The molecule has 1 aromatic heterocycles. The van der Waals surface area contributed by atoms with Crippen LogP contribution in [0.4, 0.5) is 11.5 Å². The summed E-state index contributed by atoms with van der Waals surface area (Å²) in [6.07, 6.45) is 0.948. The maximum absolute atomic E-state index is 12.7. The number of nitrogens with one attached hydrogen (secondary N) is 1. The second-order valence-corrected chi connectivity index (χ2v) is 7.19. The molecule has 0 bridgehead atoms. The third-order valence-electron chi connectivity index (χ3n) is 5.06. The second-order valence-electron chi connectivity index (χ2n) is 7.19. The van der Waals surface area contributed by atoms with Gasteiger partial charge in [-0.2, -0.15) is 0 Å². The highest BCUT2D eigenvalue weighted by Crippen LogP contribution is 2.24. The molecular formula is C23H22N4O2. The Kier molecular flexibility index (Phi) is 5.08. The van der Waals surface area contributed by atoms with E-state index in [0.717, 1.165) is 25.3 Å². The van der Waals surface area contributed by atoms with E-state index in [0.29, 0.717) is 22.8 Å². The lowest BCUT2D eigenvalue weighted by atomic mass is 10.00. The van der Waals surface area contributed by atoms with E-state index in [9.17, 15) is 9.59 Å². The smallest absolute Gasteiger partial charge is 0.274 e. The summed E-state index contributed by atoms with van der Waals surface area (Å²) in [7, 11) is 0. The van der Waals surface area contributed by atoms with Gasteiger partial charge in [-0.15, -0.1) is 0 Å². The van der Waals surface area contributed by atoms with Gasteiger partial charge in [-0.25, -0.2) is 9.97 Å². The summed E-state index contributed by atoms with van der Waals surface area (Å²) in [6, 6.07) is 17.0. The van der Waals surface area contributed by atoms with Crippen LogP contribution in [0.1, 0.15) is 44.7 Å². The Hall–Kier alpha value is -3.54. The molecule has 29 heavy (non-hydrogen) atoms. The number of hydrogen-bond acceptors (Lipinski definition) is 5. The lowest BCUT2D eigenvalue weighted by molar-refractivity contribution is 0.101. The number of carbonyl (C=O) groups is 2. The zero-order valence-electron chi connectivity index (χ0n) is 16.5. The van der Waals surface area contributed by atoms with Crippen molar-refractivity contribution < 1.29 is 9.59 Å².